The van der Waals surface area contributed by atoms with Gasteiger partial charge in [0.05, 0.1) is 6.61 Å². The number of nitrogens with zero attached hydrogens (tertiary/aromatic N) is 1. The van der Waals surface area contributed by atoms with Crippen LogP contribution >= 0.6 is 0 Å². The molecule has 28 heavy (non-hydrogen) atoms. The van der Waals surface area contributed by atoms with Crippen LogP contribution in [0.4, 0.5) is 5.69 Å². The Labute approximate surface area is 166 Å². The van der Waals surface area contributed by atoms with Crippen LogP contribution < -0.4 is 10.2 Å². The lowest BCUT2D eigenvalue weighted by Crippen LogP contribution is -2.13. The molecule has 0 spiro atoms. The van der Waals surface area contributed by atoms with Crippen LogP contribution in [0.15, 0.2) is 66.7 Å². The van der Waals surface area contributed by atoms with Crippen molar-refractivity contribution < 1.29 is 9.57 Å². The number of benzene rings is 2. The van der Waals surface area contributed by atoms with Gasteiger partial charge in [0, 0.05) is 5.69 Å². The summed E-state index contributed by atoms with van der Waals surface area (Å²) in [4.78, 5) is 10.6. The SMILES string of the molecule is CC1CCCc2nc(OCc3ccccc3)c(NOCc3ccccc3)cc21. The van der Waals surface area contributed by atoms with E-state index >= 15 is 0 Å². The summed E-state index contributed by atoms with van der Waals surface area (Å²) in [6, 6.07) is 22.4. The summed E-state index contributed by atoms with van der Waals surface area (Å²) in [5, 5.41) is 0. The zero-order chi connectivity index (χ0) is 19.2. The molecule has 1 unspecified atom stereocenters. The van der Waals surface area contributed by atoms with Crippen molar-refractivity contribution >= 4 is 5.69 Å². The predicted octanol–water partition coefficient (Wildman–Crippen LogP) is 5.64. The van der Waals surface area contributed by atoms with Crippen LogP contribution in [0.2, 0.25) is 0 Å². The standard InChI is InChI=1S/C24H26N2O2/c1-18-9-8-14-22-21(18)15-23(26-28-17-20-12-6-3-7-13-20)24(25-22)27-16-19-10-4-2-5-11-19/h2-7,10-13,15,18,26H,8-9,14,16-17H2,1H3. The molecule has 3 aromatic rings. The average Bonchev–Trinajstić information content (AvgIpc) is 2.74. The topological polar surface area (TPSA) is 43.4 Å². The Kier molecular flexibility index (Phi) is 5.88. The van der Waals surface area contributed by atoms with Crippen molar-refractivity contribution in [3.63, 3.8) is 0 Å². The first-order valence-electron chi connectivity index (χ1n) is 9.92. The first-order valence-corrected chi connectivity index (χ1v) is 9.92. The van der Waals surface area contributed by atoms with Crippen LogP contribution in [-0.2, 0) is 24.5 Å². The monoisotopic (exact) mass is 374 g/mol. The van der Waals surface area contributed by atoms with E-state index in [-0.39, 0.29) is 0 Å². The van der Waals surface area contributed by atoms with Gasteiger partial charge in [0.2, 0.25) is 5.88 Å². The quantitative estimate of drug-likeness (QED) is 0.543. The average molecular weight is 374 g/mol. The van der Waals surface area contributed by atoms with E-state index in [0.717, 1.165) is 28.9 Å². The van der Waals surface area contributed by atoms with Gasteiger partial charge in [-0.25, -0.2) is 4.98 Å². The Bertz CT molecular complexity index is 897. The Morgan fingerprint density at radius 3 is 2.36 bits per heavy atom. The highest BCUT2D eigenvalue weighted by atomic mass is 16.6. The molecule has 2 aromatic carbocycles. The fourth-order valence-electron chi connectivity index (χ4n) is 3.59. The Morgan fingerprint density at radius 2 is 1.64 bits per heavy atom. The Balaban J connectivity index is 1.52. The van der Waals surface area contributed by atoms with Gasteiger partial charge in [0.25, 0.3) is 0 Å². The van der Waals surface area contributed by atoms with Gasteiger partial charge in [-0.3, -0.25) is 10.3 Å². The molecule has 0 bridgehead atoms. The summed E-state index contributed by atoms with van der Waals surface area (Å²) in [6.07, 6.45) is 3.38. The number of hydrogen-bond donors (Lipinski definition) is 1. The minimum Gasteiger partial charge on any atom is -0.471 e. The first kappa shape index (κ1) is 18.5. The predicted molar refractivity (Wildman–Crippen MR) is 111 cm³/mol. The van der Waals surface area contributed by atoms with Crippen LogP contribution in [0.5, 0.6) is 5.88 Å². The van der Waals surface area contributed by atoms with E-state index < -0.39 is 0 Å². The maximum Gasteiger partial charge on any atom is 0.240 e. The van der Waals surface area contributed by atoms with E-state index in [1.807, 2.05) is 48.5 Å². The largest absolute Gasteiger partial charge is 0.471 e. The van der Waals surface area contributed by atoms with Gasteiger partial charge in [-0.1, -0.05) is 67.6 Å². The molecule has 1 N–H and O–H groups in total. The minimum atomic E-state index is 0.478. The molecule has 0 saturated carbocycles. The Morgan fingerprint density at radius 1 is 0.964 bits per heavy atom. The molecule has 4 rings (SSSR count). The normalized spacial score (nSPS) is 15.7. The third kappa shape index (κ3) is 4.52. The van der Waals surface area contributed by atoms with Crippen molar-refractivity contribution in [3.05, 3.63) is 89.1 Å². The van der Waals surface area contributed by atoms with Gasteiger partial charge in [0.15, 0.2) is 0 Å². The van der Waals surface area contributed by atoms with E-state index in [2.05, 4.69) is 30.6 Å². The zero-order valence-electron chi connectivity index (χ0n) is 16.2. The maximum absolute atomic E-state index is 6.07. The summed E-state index contributed by atoms with van der Waals surface area (Å²) < 4.78 is 6.07. The molecule has 144 valence electrons. The molecule has 4 nitrogen and oxygen atoms in total. The van der Waals surface area contributed by atoms with Crippen LogP contribution in [0.3, 0.4) is 0 Å². The fourth-order valence-corrected chi connectivity index (χ4v) is 3.59. The van der Waals surface area contributed by atoms with E-state index in [1.54, 1.807) is 0 Å². The Hall–Kier alpha value is -2.85. The van der Waals surface area contributed by atoms with Gasteiger partial charge >= 0.3 is 0 Å². The third-order valence-corrected chi connectivity index (χ3v) is 5.16. The highest BCUT2D eigenvalue weighted by Gasteiger charge is 2.21. The van der Waals surface area contributed by atoms with Crippen LogP contribution in [0, 0.1) is 0 Å². The van der Waals surface area contributed by atoms with Crippen molar-refractivity contribution in [2.24, 2.45) is 0 Å². The summed E-state index contributed by atoms with van der Waals surface area (Å²) in [6.45, 7) is 3.22. The highest BCUT2D eigenvalue weighted by Crippen LogP contribution is 2.36. The van der Waals surface area contributed by atoms with Crippen molar-refractivity contribution in [1.29, 1.82) is 0 Å². The van der Waals surface area contributed by atoms with Gasteiger partial charge in [0.1, 0.15) is 12.3 Å². The van der Waals surface area contributed by atoms with Gasteiger partial charge in [-0.15, -0.1) is 0 Å². The maximum atomic E-state index is 6.07. The number of rotatable bonds is 7. The first-order chi connectivity index (χ1) is 13.8. The van der Waals surface area contributed by atoms with Crippen LogP contribution in [0.25, 0.3) is 0 Å². The summed E-state index contributed by atoms with van der Waals surface area (Å²) >= 11 is 0. The summed E-state index contributed by atoms with van der Waals surface area (Å²) in [7, 11) is 0. The fraction of sp³-hybridized carbons (Fsp3) is 0.292. The number of hydrogen-bond acceptors (Lipinski definition) is 4. The lowest BCUT2D eigenvalue weighted by atomic mass is 9.87. The van der Waals surface area contributed by atoms with Crippen LogP contribution in [0.1, 0.15) is 48.1 Å². The van der Waals surface area contributed by atoms with E-state index in [4.69, 9.17) is 14.6 Å². The summed E-state index contributed by atoms with van der Waals surface area (Å²) in [5.41, 5.74) is 8.55. The van der Waals surface area contributed by atoms with Crippen LogP contribution in [-0.4, -0.2) is 4.98 Å². The molecule has 4 heteroatoms. The molecule has 0 saturated heterocycles. The smallest absolute Gasteiger partial charge is 0.240 e. The molecule has 1 heterocycles. The third-order valence-electron chi connectivity index (χ3n) is 5.16. The number of nitrogens with one attached hydrogen (secondary N) is 1. The van der Waals surface area contributed by atoms with Crippen molar-refractivity contribution in [3.8, 4) is 5.88 Å². The highest BCUT2D eigenvalue weighted by molar-refractivity contribution is 5.55. The molecular weight excluding hydrogens is 348 g/mol. The van der Waals surface area contributed by atoms with Gasteiger partial charge in [-0.05, 0) is 47.9 Å². The zero-order valence-corrected chi connectivity index (χ0v) is 16.2. The molecule has 0 radical (unpaired) electrons. The van der Waals surface area contributed by atoms with Gasteiger partial charge in [-0.2, -0.15) is 0 Å². The number of ether oxygens (including phenoxy) is 1. The second kappa shape index (κ2) is 8.89. The molecule has 0 aliphatic heterocycles. The molecule has 1 aliphatic carbocycles. The molecule has 0 amide bonds. The lowest BCUT2D eigenvalue weighted by Gasteiger charge is -2.24. The van der Waals surface area contributed by atoms with Crippen molar-refractivity contribution in [2.45, 2.75) is 45.3 Å². The molecule has 1 aromatic heterocycles. The van der Waals surface area contributed by atoms with E-state index in [0.29, 0.717) is 25.0 Å². The second-order valence-corrected chi connectivity index (χ2v) is 7.32. The molecule has 1 atom stereocenters. The summed E-state index contributed by atoms with van der Waals surface area (Å²) in [5.74, 6) is 1.11. The second-order valence-electron chi connectivity index (χ2n) is 7.32. The van der Waals surface area contributed by atoms with Crippen molar-refractivity contribution in [1.82, 2.24) is 4.98 Å². The number of aromatic nitrogens is 1. The lowest BCUT2D eigenvalue weighted by molar-refractivity contribution is 0.177. The van der Waals surface area contributed by atoms with E-state index in [9.17, 15) is 0 Å². The number of anilines is 1. The van der Waals surface area contributed by atoms with Gasteiger partial charge < -0.3 is 4.74 Å². The van der Waals surface area contributed by atoms with Crippen molar-refractivity contribution in [2.75, 3.05) is 5.48 Å². The number of aryl methyl sites for hydroxylation is 1. The minimum absolute atomic E-state index is 0.478. The molecule has 0 fully saturated rings. The number of pyridine rings is 1. The molecule has 1 aliphatic rings. The molecular formula is C24H26N2O2. The van der Waals surface area contributed by atoms with E-state index in [1.165, 1.54) is 18.4 Å². The number of fused-ring (bicyclic) bond motifs is 1.